The summed E-state index contributed by atoms with van der Waals surface area (Å²) in [4.78, 5) is 26.3. The van der Waals surface area contributed by atoms with E-state index in [1.54, 1.807) is 4.90 Å². The van der Waals surface area contributed by atoms with Gasteiger partial charge < -0.3 is 15.5 Å². The molecule has 1 unspecified atom stereocenters. The number of hydrogen-bond acceptors (Lipinski definition) is 3. The molecule has 1 fully saturated rings. The van der Waals surface area contributed by atoms with E-state index < -0.39 is 0 Å². The lowest BCUT2D eigenvalue weighted by atomic mass is 10.00. The van der Waals surface area contributed by atoms with E-state index in [-0.39, 0.29) is 18.4 Å². The van der Waals surface area contributed by atoms with Crippen LogP contribution in [0.3, 0.4) is 0 Å². The molecule has 0 bridgehead atoms. The second-order valence-corrected chi connectivity index (χ2v) is 6.48. The lowest BCUT2D eigenvalue weighted by Crippen LogP contribution is -2.44. The molecule has 0 spiro atoms. The third-order valence-corrected chi connectivity index (χ3v) is 4.71. The van der Waals surface area contributed by atoms with Gasteiger partial charge in [-0.1, -0.05) is 18.2 Å². The summed E-state index contributed by atoms with van der Waals surface area (Å²) in [5.41, 5.74) is 2.05. The summed E-state index contributed by atoms with van der Waals surface area (Å²) in [6.45, 7) is 2.85. The predicted octanol–water partition coefficient (Wildman–Crippen LogP) is 1.47. The molecule has 2 N–H and O–H groups in total. The highest BCUT2D eigenvalue weighted by atomic mass is 16.2. The zero-order valence-corrected chi connectivity index (χ0v) is 13.5. The minimum atomic E-state index is -0.0689. The minimum Gasteiger partial charge on any atom is -0.354 e. The molecule has 2 aliphatic rings. The molecule has 0 aliphatic carbocycles. The molecule has 0 radical (unpaired) electrons. The number of piperidine rings is 1. The lowest BCUT2D eigenvalue weighted by molar-refractivity contribution is -0.124. The van der Waals surface area contributed by atoms with Gasteiger partial charge in [-0.2, -0.15) is 0 Å². The van der Waals surface area contributed by atoms with Crippen LogP contribution in [0.1, 0.15) is 31.2 Å². The van der Waals surface area contributed by atoms with Crippen LogP contribution >= 0.6 is 0 Å². The first-order valence-electron chi connectivity index (χ1n) is 8.60. The Kier molecular flexibility index (Phi) is 5.28. The fourth-order valence-corrected chi connectivity index (χ4v) is 3.41. The highest BCUT2D eigenvalue weighted by Crippen LogP contribution is 2.26. The van der Waals surface area contributed by atoms with Crippen LogP contribution in [-0.2, 0) is 16.0 Å². The van der Waals surface area contributed by atoms with Gasteiger partial charge in [-0.05, 0) is 56.3 Å². The number of carbonyl (C=O) groups is 2. The highest BCUT2D eigenvalue weighted by molar-refractivity contribution is 5.99. The number of benzene rings is 1. The average Bonchev–Trinajstić information content (AvgIpc) is 2.74. The standard InChI is InChI=1S/C18H25N3O2/c22-17(20-12-14-5-4-10-19-11-14)13-21-16-8-2-1-6-15(16)7-3-9-18(21)23/h1-2,6,8,14,19H,3-5,7,9-13H2,(H,20,22). The fraction of sp³-hybridized carbons (Fsp3) is 0.556. The highest BCUT2D eigenvalue weighted by Gasteiger charge is 2.24. The number of fused-ring (bicyclic) bond motifs is 1. The van der Waals surface area contributed by atoms with E-state index in [1.165, 1.54) is 6.42 Å². The first-order chi connectivity index (χ1) is 11.2. The van der Waals surface area contributed by atoms with Gasteiger partial charge in [0, 0.05) is 18.7 Å². The third kappa shape index (κ3) is 4.10. The van der Waals surface area contributed by atoms with Gasteiger partial charge in [0.25, 0.3) is 0 Å². The van der Waals surface area contributed by atoms with Gasteiger partial charge in [0.15, 0.2) is 0 Å². The summed E-state index contributed by atoms with van der Waals surface area (Å²) >= 11 is 0. The third-order valence-electron chi connectivity index (χ3n) is 4.71. The largest absolute Gasteiger partial charge is 0.354 e. The van der Waals surface area contributed by atoms with E-state index in [1.807, 2.05) is 24.3 Å². The number of amides is 2. The summed E-state index contributed by atoms with van der Waals surface area (Å²) in [7, 11) is 0. The molecule has 1 aromatic carbocycles. The SMILES string of the molecule is O=C(CN1C(=O)CCCc2ccccc21)NCC1CCCNC1. The fourth-order valence-electron chi connectivity index (χ4n) is 3.41. The maximum atomic E-state index is 12.4. The summed E-state index contributed by atoms with van der Waals surface area (Å²) in [5, 5.41) is 6.35. The van der Waals surface area contributed by atoms with Crippen LogP contribution in [0.2, 0.25) is 0 Å². The molecule has 2 amide bonds. The number of hydrogen-bond donors (Lipinski definition) is 2. The summed E-state index contributed by atoms with van der Waals surface area (Å²) in [6, 6.07) is 7.91. The normalized spacial score (nSPS) is 21.5. The van der Waals surface area contributed by atoms with Gasteiger partial charge in [-0.25, -0.2) is 0 Å². The maximum Gasteiger partial charge on any atom is 0.240 e. The first kappa shape index (κ1) is 16.0. The second-order valence-electron chi connectivity index (χ2n) is 6.48. The van der Waals surface area contributed by atoms with Gasteiger partial charge in [0.05, 0.1) is 0 Å². The van der Waals surface area contributed by atoms with E-state index in [4.69, 9.17) is 0 Å². The molecular weight excluding hydrogens is 290 g/mol. The van der Waals surface area contributed by atoms with Crippen molar-refractivity contribution in [1.82, 2.24) is 10.6 Å². The molecule has 5 nitrogen and oxygen atoms in total. The first-order valence-corrected chi connectivity index (χ1v) is 8.60. The molecule has 2 aliphatic heterocycles. The van der Waals surface area contributed by atoms with Gasteiger partial charge in [0.2, 0.25) is 11.8 Å². The molecule has 3 rings (SSSR count). The van der Waals surface area contributed by atoms with Crippen molar-refractivity contribution in [2.45, 2.75) is 32.1 Å². The molecule has 124 valence electrons. The number of anilines is 1. The van der Waals surface area contributed by atoms with Crippen LogP contribution in [0.15, 0.2) is 24.3 Å². The topological polar surface area (TPSA) is 61.4 Å². The number of para-hydroxylation sites is 1. The lowest BCUT2D eigenvalue weighted by Gasteiger charge is -2.25. The Bertz CT molecular complexity index is 567. The van der Waals surface area contributed by atoms with Crippen molar-refractivity contribution < 1.29 is 9.59 Å². The van der Waals surface area contributed by atoms with Crippen molar-refractivity contribution in [3.05, 3.63) is 29.8 Å². The van der Waals surface area contributed by atoms with Gasteiger partial charge in [-0.15, -0.1) is 0 Å². The molecule has 2 heterocycles. The number of aryl methyl sites for hydroxylation is 1. The molecule has 1 aromatic rings. The predicted molar refractivity (Wildman–Crippen MR) is 90.3 cm³/mol. The number of carbonyl (C=O) groups excluding carboxylic acids is 2. The van der Waals surface area contributed by atoms with Crippen molar-refractivity contribution >= 4 is 17.5 Å². The van der Waals surface area contributed by atoms with Crippen LogP contribution in [0.4, 0.5) is 5.69 Å². The average molecular weight is 315 g/mol. The van der Waals surface area contributed by atoms with Crippen molar-refractivity contribution in [2.75, 3.05) is 31.1 Å². The molecule has 5 heteroatoms. The summed E-state index contributed by atoms with van der Waals surface area (Å²) in [6.07, 6.45) is 4.57. The molecule has 1 saturated heterocycles. The van der Waals surface area contributed by atoms with Gasteiger partial charge in [0.1, 0.15) is 6.54 Å². The van der Waals surface area contributed by atoms with E-state index >= 15 is 0 Å². The van der Waals surface area contributed by atoms with Crippen LogP contribution in [-0.4, -0.2) is 38.0 Å². The Morgan fingerprint density at radius 2 is 2.13 bits per heavy atom. The maximum absolute atomic E-state index is 12.4. The van der Waals surface area contributed by atoms with Crippen molar-refractivity contribution in [1.29, 1.82) is 0 Å². The summed E-state index contributed by atoms with van der Waals surface area (Å²) in [5.74, 6) is 0.477. The zero-order valence-electron chi connectivity index (χ0n) is 13.5. The van der Waals surface area contributed by atoms with Crippen molar-refractivity contribution in [2.24, 2.45) is 5.92 Å². The van der Waals surface area contributed by atoms with Gasteiger partial charge in [-0.3, -0.25) is 9.59 Å². The number of nitrogens with zero attached hydrogens (tertiary/aromatic N) is 1. The van der Waals surface area contributed by atoms with Crippen molar-refractivity contribution in [3.8, 4) is 0 Å². The number of rotatable bonds is 4. The molecule has 0 aromatic heterocycles. The van der Waals surface area contributed by atoms with Crippen LogP contribution in [0.25, 0.3) is 0 Å². The quantitative estimate of drug-likeness (QED) is 0.884. The van der Waals surface area contributed by atoms with Crippen LogP contribution < -0.4 is 15.5 Å². The van der Waals surface area contributed by atoms with Crippen LogP contribution in [0, 0.1) is 5.92 Å². The molecule has 23 heavy (non-hydrogen) atoms. The van der Waals surface area contributed by atoms with Gasteiger partial charge >= 0.3 is 0 Å². The Balaban J connectivity index is 1.61. The van der Waals surface area contributed by atoms with Crippen molar-refractivity contribution in [3.63, 3.8) is 0 Å². The Labute approximate surface area is 137 Å². The second kappa shape index (κ2) is 7.59. The monoisotopic (exact) mass is 315 g/mol. The van der Waals surface area contributed by atoms with Crippen LogP contribution in [0.5, 0.6) is 0 Å². The van der Waals surface area contributed by atoms with E-state index in [0.717, 1.165) is 43.6 Å². The minimum absolute atomic E-state index is 0.0458. The molecule has 1 atom stereocenters. The van der Waals surface area contributed by atoms with E-state index in [0.29, 0.717) is 18.9 Å². The summed E-state index contributed by atoms with van der Waals surface area (Å²) < 4.78 is 0. The zero-order chi connectivity index (χ0) is 16.1. The smallest absolute Gasteiger partial charge is 0.240 e. The molecular formula is C18H25N3O2. The van der Waals surface area contributed by atoms with E-state index in [9.17, 15) is 9.59 Å². The Hall–Kier alpha value is -1.88. The molecule has 0 saturated carbocycles. The number of nitrogens with one attached hydrogen (secondary N) is 2. The Morgan fingerprint density at radius 3 is 2.96 bits per heavy atom. The Morgan fingerprint density at radius 1 is 1.26 bits per heavy atom. The van der Waals surface area contributed by atoms with E-state index in [2.05, 4.69) is 10.6 Å².